The molecular formula is C20H27N3OS. The summed E-state index contributed by atoms with van der Waals surface area (Å²) in [5.41, 5.74) is 1.26. The number of aryl methyl sites for hydroxylation is 2. The SMILES string of the molecule is Cc1ccc(C(=O)N2CCCC(Cn3c(C)cnc3C3CCC3)C2)s1. The summed E-state index contributed by atoms with van der Waals surface area (Å²) in [6.45, 7) is 6.99. The average Bonchev–Trinajstić information content (AvgIpc) is 3.14. The van der Waals surface area contributed by atoms with Crippen molar-refractivity contribution in [2.24, 2.45) is 5.92 Å². The van der Waals surface area contributed by atoms with Crippen LogP contribution < -0.4 is 0 Å². The van der Waals surface area contributed by atoms with Crippen LogP contribution in [-0.4, -0.2) is 33.4 Å². The highest BCUT2D eigenvalue weighted by molar-refractivity contribution is 7.13. The zero-order valence-electron chi connectivity index (χ0n) is 15.2. The van der Waals surface area contributed by atoms with Gasteiger partial charge in [-0.25, -0.2) is 4.98 Å². The Morgan fingerprint density at radius 1 is 1.24 bits per heavy atom. The Morgan fingerprint density at radius 3 is 2.76 bits per heavy atom. The number of aromatic nitrogens is 2. The number of piperidine rings is 1. The molecule has 0 radical (unpaired) electrons. The van der Waals surface area contributed by atoms with E-state index in [-0.39, 0.29) is 5.91 Å². The molecule has 1 atom stereocenters. The van der Waals surface area contributed by atoms with Crippen molar-refractivity contribution in [3.05, 3.63) is 39.6 Å². The highest BCUT2D eigenvalue weighted by Gasteiger charge is 2.29. The number of hydrogen-bond donors (Lipinski definition) is 0. The van der Waals surface area contributed by atoms with Crippen molar-refractivity contribution < 1.29 is 4.79 Å². The van der Waals surface area contributed by atoms with Crippen LogP contribution in [0.2, 0.25) is 0 Å². The monoisotopic (exact) mass is 357 g/mol. The quantitative estimate of drug-likeness (QED) is 0.814. The van der Waals surface area contributed by atoms with Gasteiger partial charge in [0, 0.05) is 42.3 Å². The van der Waals surface area contributed by atoms with Gasteiger partial charge in [0.1, 0.15) is 5.82 Å². The number of rotatable bonds is 4. The number of hydrogen-bond acceptors (Lipinski definition) is 3. The normalized spacial score (nSPS) is 21.4. The topological polar surface area (TPSA) is 38.1 Å². The van der Waals surface area contributed by atoms with Crippen LogP contribution in [-0.2, 0) is 6.54 Å². The fraction of sp³-hybridized carbons (Fsp3) is 0.600. The minimum atomic E-state index is 0.212. The Morgan fingerprint density at radius 2 is 2.08 bits per heavy atom. The molecule has 0 aromatic carbocycles. The number of likely N-dealkylation sites (tertiary alicyclic amines) is 1. The van der Waals surface area contributed by atoms with E-state index in [1.807, 2.05) is 18.3 Å². The number of thiophene rings is 1. The molecule has 1 amide bonds. The van der Waals surface area contributed by atoms with E-state index in [1.165, 1.54) is 42.1 Å². The van der Waals surface area contributed by atoms with Crippen molar-refractivity contribution in [1.29, 1.82) is 0 Å². The van der Waals surface area contributed by atoms with Gasteiger partial charge in [-0.3, -0.25) is 4.79 Å². The molecule has 3 heterocycles. The highest BCUT2D eigenvalue weighted by Crippen LogP contribution is 2.36. The van der Waals surface area contributed by atoms with Gasteiger partial charge in [-0.1, -0.05) is 6.42 Å². The van der Waals surface area contributed by atoms with Gasteiger partial charge >= 0.3 is 0 Å². The van der Waals surface area contributed by atoms with Gasteiger partial charge in [-0.15, -0.1) is 11.3 Å². The lowest BCUT2D eigenvalue weighted by atomic mass is 9.84. The minimum absolute atomic E-state index is 0.212. The summed E-state index contributed by atoms with van der Waals surface area (Å²) >= 11 is 1.61. The zero-order valence-corrected chi connectivity index (χ0v) is 16.0. The summed E-state index contributed by atoms with van der Waals surface area (Å²) in [5.74, 6) is 2.68. The van der Waals surface area contributed by atoms with Gasteiger partial charge in [0.25, 0.3) is 5.91 Å². The van der Waals surface area contributed by atoms with Gasteiger partial charge in [0.2, 0.25) is 0 Å². The summed E-state index contributed by atoms with van der Waals surface area (Å²) in [5, 5.41) is 0. The number of amides is 1. The first-order valence-corrected chi connectivity index (χ1v) is 10.3. The molecule has 2 aromatic heterocycles. The lowest BCUT2D eigenvalue weighted by molar-refractivity contribution is 0.0666. The standard InChI is InChI=1S/C20H27N3OS/c1-14-11-21-19(17-6-3-7-17)23(14)13-16-5-4-10-22(12-16)20(24)18-9-8-15(2)25-18/h8-9,11,16-17H,3-7,10,12-13H2,1-2H3. The number of nitrogens with zero attached hydrogens (tertiary/aromatic N) is 3. The second-order valence-electron chi connectivity index (χ2n) is 7.67. The molecule has 0 N–H and O–H groups in total. The third-order valence-electron chi connectivity index (χ3n) is 5.75. The van der Waals surface area contributed by atoms with Crippen LogP contribution in [0.1, 0.15) is 64.1 Å². The fourth-order valence-electron chi connectivity index (χ4n) is 4.07. The van der Waals surface area contributed by atoms with Crippen LogP contribution in [0.5, 0.6) is 0 Å². The van der Waals surface area contributed by atoms with Crippen molar-refractivity contribution in [1.82, 2.24) is 14.5 Å². The zero-order chi connectivity index (χ0) is 17.4. The molecule has 0 spiro atoms. The Kier molecular flexibility index (Phi) is 4.67. The van der Waals surface area contributed by atoms with Crippen molar-refractivity contribution in [2.45, 2.75) is 58.4 Å². The average molecular weight is 358 g/mol. The molecule has 25 heavy (non-hydrogen) atoms. The third-order valence-corrected chi connectivity index (χ3v) is 6.74. The Labute approximate surface area is 153 Å². The van der Waals surface area contributed by atoms with E-state index in [9.17, 15) is 4.79 Å². The van der Waals surface area contributed by atoms with Crippen LogP contribution in [0.4, 0.5) is 0 Å². The number of carbonyl (C=O) groups excluding carboxylic acids is 1. The summed E-state index contributed by atoms with van der Waals surface area (Å²) in [7, 11) is 0. The van der Waals surface area contributed by atoms with Crippen molar-refractivity contribution >= 4 is 17.2 Å². The van der Waals surface area contributed by atoms with Crippen LogP contribution in [0.25, 0.3) is 0 Å². The highest BCUT2D eigenvalue weighted by atomic mass is 32.1. The summed E-state index contributed by atoms with van der Waals surface area (Å²) in [4.78, 5) is 21.6. The number of carbonyl (C=O) groups is 1. The number of imidazole rings is 1. The first-order chi connectivity index (χ1) is 12.1. The Hall–Kier alpha value is -1.62. The van der Waals surface area contributed by atoms with E-state index in [0.717, 1.165) is 30.9 Å². The molecule has 2 fully saturated rings. The lowest BCUT2D eigenvalue weighted by Gasteiger charge is -2.34. The van der Waals surface area contributed by atoms with Crippen LogP contribution in [0.15, 0.2) is 18.3 Å². The van der Waals surface area contributed by atoms with Gasteiger partial charge in [-0.2, -0.15) is 0 Å². The molecule has 2 aromatic rings. The van der Waals surface area contributed by atoms with Crippen LogP contribution in [0, 0.1) is 19.8 Å². The second kappa shape index (κ2) is 6.94. The van der Waals surface area contributed by atoms with E-state index in [2.05, 4.69) is 23.3 Å². The van der Waals surface area contributed by atoms with Crippen molar-refractivity contribution in [3.63, 3.8) is 0 Å². The van der Waals surface area contributed by atoms with Crippen molar-refractivity contribution in [2.75, 3.05) is 13.1 Å². The minimum Gasteiger partial charge on any atom is -0.338 e. The molecule has 1 saturated carbocycles. The first kappa shape index (κ1) is 16.8. The van der Waals surface area contributed by atoms with E-state index < -0.39 is 0 Å². The maximum atomic E-state index is 12.8. The smallest absolute Gasteiger partial charge is 0.263 e. The van der Waals surface area contributed by atoms with E-state index in [0.29, 0.717) is 11.8 Å². The summed E-state index contributed by atoms with van der Waals surface area (Å²) in [6, 6.07) is 4.01. The van der Waals surface area contributed by atoms with Gasteiger partial charge in [0.15, 0.2) is 0 Å². The van der Waals surface area contributed by atoms with Crippen molar-refractivity contribution in [3.8, 4) is 0 Å². The third kappa shape index (κ3) is 3.39. The van der Waals surface area contributed by atoms with E-state index in [1.54, 1.807) is 11.3 Å². The van der Waals surface area contributed by atoms with Gasteiger partial charge in [0.05, 0.1) is 4.88 Å². The largest absolute Gasteiger partial charge is 0.338 e. The molecular weight excluding hydrogens is 330 g/mol. The molecule has 0 bridgehead atoms. The molecule has 134 valence electrons. The molecule has 1 saturated heterocycles. The maximum absolute atomic E-state index is 12.8. The lowest BCUT2D eigenvalue weighted by Crippen LogP contribution is -2.41. The van der Waals surface area contributed by atoms with Crippen LogP contribution in [0.3, 0.4) is 0 Å². The second-order valence-corrected chi connectivity index (χ2v) is 8.95. The van der Waals surface area contributed by atoms with Crippen LogP contribution >= 0.6 is 11.3 Å². The summed E-state index contributed by atoms with van der Waals surface area (Å²) < 4.78 is 2.43. The first-order valence-electron chi connectivity index (χ1n) is 9.49. The predicted molar refractivity (Wildman–Crippen MR) is 101 cm³/mol. The van der Waals surface area contributed by atoms with Gasteiger partial charge in [-0.05, 0) is 57.6 Å². The molecule has 5 heteroatoms. The summed E-state index contributed by atoms with van der Waals surface area (Å²) in [6.07, 6.45) is 8.23. The van der Waals surface area contributed by atoms with E-state index >= 15 is 0 Å². The Bertz CT molecular complexity index is 759. The predicted octanol–water partition coefficient (Wildman–Crippen LogP) is 4.38. The molecule has 1 aliphatic heterocycles. The van der Waals surface area contributed by atoms with E-state index in [4.69, 9.17) is 4.98 Å². The maximum Gasteiger partial charge on any atom is 0.263 e. The fourth-order valence-corrected chi connectivity index (χ4v) is 4.91. The Balaban J connectivity index is 1.45. The van der Waals surface area contributed by atoms with Gasteiger partial charge < -0.3 is 9.47 Å². The molecule has 4 nitrogen and oxygen atoms in total. The molecule has 1 unspecified atom stereocenters. The molecule has 4 rings (SSSR count). The molecule has 2 aliphatic rings. The molecule has 1 aliphatic carbocycles.